The molecule has 3 rings (SSSR count). The highest BCUT2D eigenvalue weighted by Gasteiger charge is 2.05. The zero-order chi connectivity index (χ0) is 15.9. The molecule has 1 heterocycles. The highest BCUT2D eigenvalue weighted by Crippen LogP contribution is 2.17. The molecule has 0 bridgehead atoms. The minimum atomic E-state index is -0.942. The third-order valence-electron chi connectivity index (χ3n) is 2.93. The monoisotopic (exact) mass is 295 g/mol. The Morgan fingerprint density at radius 1 is 0.818 bits per heavy atom. The van der Waals surface area contributed by atoms with Crippen molar-refractivity contribution in [2.75, 3.05) is 0 Å². The summed E-state index contributed by atoms with van der Waals surface area (Å²) in [5.41, 5.74) is 0.579. The van der Waals surface area contributed by atoms with Crippen molar-refractivity contribution in [2.45, 2.75) is 0 Å². The van der Waals surface area contributed by atoms with Crippen LogP contribution in [0.25, 0.3) is 10.8 Å². The van der Waals surface area contributed by atoms with Gasteiger partial charge in [0.05, 0.1) is 11.1 Å². The number of hydrogen-bond donors (Lipinski definition) is 2. The average molecular weight is 295 g/mol. The smallest absolute Gasteiger partial charge is 0.337 e. The van der Waals surface area contributed by atoms with E-state index in [1.165, 1.54) is 18.5 Å². The molecule has 0 amide bonds. The molecule has 0 aliphatic rings. The van der Waals surface area contributed by atoms with Crippen molar-refractivity contribution in [3.05, 3.63) is 78.1 Å². The molecule has 5 nitrogen and oxygen atoms in total. The second-order valence-electron chi connectivity index (χ2n) is 4.38. The van der Waals surface area contributed by atoms with Crippen LogP contribution in [0.5, 0.6) is 0 Å². The van der Waals surface area contributed by atoms with Crippen LogP contribution in [0, 0.1) is 0 Å². The number of rotatable bonds is 2. The Bertz CT molecular complexity index is 795. The first kappa shape index (κ1) is 15.2. The van der Waals surface area contributed by atoms with Crippen molar-refractivity contribution in [3.63, 3.8) is 0 Å². The van der Waals surface area contributed by atoms with Crippen LogP contribution < -0.4 is 0 Å². The minimum Gasteiger partial charge on any atom is -0.478 e. The maximum atomic E-state index is 10.8. The molecule has 0 fully saturated rings. The minimum absolute atomic E-state index is 0.220. The Balaban J connectivity index is 0.000000172. The number of pyridine rings is 1. The lowest BCUT2D eigenvalue weighted by Crippen LogP contribution is -1.96. The summed E-state index contributed by atoms with van der Waals surface area (Å²) >= 11 is 0. The average Bonchev–Trinajstić information content (AvgIpc) is 2.55. The van der Waals surface area contributed by atoms with Gasteiger partial charge in [0.15, 0.2) is 0 Å². The number of nitrogens with zero attached hydrogens (tertiary/aromatic N) is 1. The first-order chi connectivity index (χ1) is 10.6. The maximum absolute atomic E-state index is 10.8. The van der Waals surface area contributed by atoms with Gasteiger partial charge in [0.2, 0.25) is 0 Å². The van der Waals surface area contributed by atoms with E-state index in [1.54, 1.807) is 18.2 Å². The van der Waals surface area contributed by atoms with Gasteiger partial charge in [0.1, 0.15) is 0 Å². The second-order valence-corrected chi connectivity index (χ2v) is 4.38. The van der Waals surface area contributed by atoms with Gasteiger partial charge in [0, 0.05) is 12.4 Å². The molecule has 3 aromatic rings. The van der Waals surface area contributed by atoms with Gasteiger partial charge in [0.25, 0.3) is 0 Å². The SMILES string of the molecule is O=C(O)c1cccc2ccccc12.O=C(O)c1cccnc1. The summed E-state index contributed by atoms with van der Waals surface area (Å²) in [5.74, 6) is -1.82. The topological polar surface area (TPSA) is 87.5 Å². The number of benzene rings is 2. The van der Waals surface area contributed by atoms with Crippen molar-refractivity contribution < 1.29 is 19.8 Å². The van der Waals surface area contributed by atoms with Crippen LogP contribution in [0.1, 0.15) is 20.7 Å². The summed E-state index contributed by atoms with van der Waals surface area (Å²) < 4.78 is 0. The lowest BCUT2D eigenvalue weighted by atomic mass is 10.1. The van der Waals surface area contributed by atoms with E-state index in [4.69, 9.17) is 10.2 Å². The largest absolute Gasteiger partial charge is 0.478 e. The van der Waals surface area contributed by atoms with Gasteiger partial charge in [-0.15, -0.1) is 0 Å². The summed E-state index contributed by atoms with van der Waals surface area (Å²) in [6.45, 7) is 0. The molecular formula is C17H13NO4. The highest BCUT2D eigenvalue weighted by molar-refractivity contribution is 6.03. The Morgan fingerprint density at radius 2 is 1.55 bits per heavy atom. The number of aromatic nitrogens is 1. The predicted octanol–water partition coefficient (Wildman–Crippen LogP) is 3.32. The van der Waals surface area contributed by atoms with E-state index < -0.39 is 11.9 Å². The summed E-state index contributed by atoms with van der Waals surface area (Å²) in [5, 5.41) is 19.0. The van der Waals surface area contributed by atoms with E-state index in [0.29, 0.717) is 5.56 Å². The van der Waals surface area contributed by atoms with Crippen molar-refractivity contribution in [1.29, 1.82) is 0 Å². The van der Waals surface area contributed by atoms with Gasteiger partial charge in [-0.2, -0.15) is 0 Å². The van der Waals surface area contributed by atoms with E-state index in [2.05, 4.69) is 4.98 Å². The predicted molar refractivity (Wildman–Crippen MR) is 82.1 cm³/mol. The number of fused-ring (bicyclic) bond motifs is 1. The zero-order valence-corrected chi connectivity index (χ0v) is 11.5. The molecule has 2 N–H and O–H groups in total. The van der Waals surface area contributed by atoms with Gasteiger partial charge >= 0.3 is 11.9 Å². The Kier molecular flexibility index (Phi) is 4.82. The van der Waals surface area contributed by atoms with E-state index >= 15 is 0 Å². The molecule has 22 heavy (non-hydrogen) atoms. The number of carboxylic acids is 2. The standard InChI is InChI=1S/C11H8O2.C6H5NO2/c12-11(13)10-7-3-5-8-4-1-2-6-9(8)10;8-6(9)5-2-1-3-7-4-5/h1-7H,(H,12,13);1-4H,(H,8,9). The lowest BCUT2D eigenvalue weighted by Gasteiger charge is -2.00. The van der Waals surface area contributed by atoms with Crippen molar-refractivity contribution in [3.8, 4) is 0 Å². The van der Waals surface area contributed by atoms with Crippen LogP contribution in [-0.2, 0) is 0 Å². The fourth-order valence-corrected chi connectivity index (χ4v) is 1.90. The molecule has 110 valence electrons. The summed E-state index contributed by atoms with van der Waals surface area (Å²) in [6, 6.07) is 15.8. The molecule has 0 unspecified atom stereocenters. The molecule has 5 heteroatoms. The fraction of sp³-hybridized carbons (Fsp3) is 0. The summed E-state index contributed by atoms with van der Waals surface area (Å²) in [6.07, 6.45) is 2.84. The normalized spacial score (nSPS) is 9.64. The zero-order valence-electron chi connectivity index (χ0n) is 11.5. The van der Waals surface area contributed by atoms with Crippen LogP contribution in [0.4, 0.5) is 0 Å². The molecule has 0 aliphatic carbocycles. The van der Waals surface area contributed by atoms with Crippen molar-refractivity contribution in [1.82, 2.24) is 4.98 Å². The van der Waals surface area contributed by atoms with Gasteiger partial charge in [-0.3, -0.25) is 4.98 Å². The number of aromatic carboxylic acids is 2. The van der Waals surface area contributed by atoms with Gasteiger partial charge < -0.3 is 10.2 Å². The van der Waals surface area contributed by atoms with Crippen LogP contribution in [0.3, 0.4) is 0 Å². The third-order valence-corrected chi connectivity index (χ3v) is 2.93. The van der Waals surface area contributed by atoms with Crippen LogP contribution >= 0.6 is 0 Å². The van der Waals surface area contributed by atoms with Crippen molar-refractivity contribution >= 4 is 22.7 Å². The van der Waals surface area contributed by atoms with E-state index in [-0.39, 0.29) is 5.56 Å². The summed E-state index contributed by atoms with van der Waals surface area (Å²) in [7, 11) is 0. The quantitative estimate of drug-likeness (QED) is 0.757. The molecule has 1 aromatic heterocycles. The number of carboxylic acid groups (broad SMARTS) is 2. The van der Waals surface area contributed by atoms with E-state index in [0.717, 1.165) is 10.8 Å². The van der Waals surface area contributed by atoms with E-state index in [9.17, 15) is 9.59 Å². The molecule has 0 saturated carbocycles. The first-order valence-corrected chi connectivity index (χ1v) is 6.44. The maximum Gasteiger partial charge on any atom is 0.337 e. The molecule has 0 radical (unpaired) electrons. The van der Waals surface area contributed by atoms with Crippen molar-refractivity contribution in [2.24, 2.45) is 0 Å². The van der Waals surface area contributed by atoms with Gasteiger partial charge in [-0.25, -0.2) is 9.59 Å². The third kappa shape index (κ3) is 3.67. The molecule has 0 aliphatic heterocycles. The van der Waals surface area contributed by atoms with Gasteiger partial charge in [-0.1, -0.05) is 36.4 Å². The lowest BCUT2D eigenvalue weighted by molar-refractivity contribution is 0.0687. The molecule has 0 saturated heterocycles. The molecule has 0 spiro atoms. The Morgan fingerprint density at radius 3 is 2.14 bits per heavy atom. The molecule has 0 atom stereocenters. The van der Waals surface area contributed by atoms with Crippen LogP contribution in [0.2, 0.25) is 0 Å². The van der Waals surface area contributed by atoms with Crippen LogP contribution in [-0.4, -0.2) is 27.1 Å². The van der Waals surface area contributed by atoms with E-state index in [1.807, 2.05) is 30.3 Å². The Labute approximate surface area is 126 Å². The molecule has 2 aromatic carbocycles. The Hall–Kier alpha value is -3.21. The number of carbonyl (C=O) groups is 2. The van der Waals surface area contributed by atoms with Crippen LogP contribution in [0.15, 0.2) is 67.0 Å². The fourth-order valence-electron chi connectivity index (χ4n) is 1.90. The summed E-state index contributed by atoms with van der Waals surface area (Å²) in [4.78, 5) is 24.6. The first-order valence-electron chi connectivity index (χ1n) is 6.44. The number of hydrogen-bond acceptors (Lipinski definition) is 3. The highest BCUT2D eigenvalue weighted by atomic mass is 16.4. The molecular weight excluding hydrogens is 282 g/mol. The second kappa shape index (κ2) is 6.99. The van der Waals surface area contributed by atoms with Gasteiger partial charge in [-0.05, 0) is 29.0 Å².